The molecule has 0 saturated heterocycles. The van der Waals surface area contributed by atoms with Gasteiger partial charge in [-0.15, -0.1) is 0 Å². The molecular weight excluding hydrogens is 318 g/mol. The summed E-state index contributed by atoms with van der Waals surface area (Å²) >= 11 is 5.86. The van der Waals surface area contributed by atoms with E-state index in [0.717, 1.165) is 0 Å². The summed E-state index contributed by atoms with van der Waals surface area (Å²) in [5.41, 5.74) is 0. The number of sulfonamides is 1. The molecule has 0 saturated carbocycles. The lowest BCUT2D eigenvalue weighted by atomic mass is 10.4. The zero-order chi connectivity index (χ0) is 15.5. The average molecular weight is 330 g/mol. The SMILES string of the molecule is COC(=O)Cn1ccc(NS(=O)(=O)c2ccccc2Cl)n1. The van der Waals surface area contributed by atoms with E-state index in [0.29, 0.717) is 0 Å². The number of aromatic nitrogens is 2. The monoisotopic (exact) mass is 329 g/mol. The van der Waals surface area contributed by atoms with E-state index in [2.05, 4.69) is 14.6 Å². The molecule has 0 spiro atoms. The number of carbonyl (C=O) groups excluding carboxylic acids is 1. The smallest absolute Gasteiger partial charge is 0.327 e. The fourth-order valence-electron chi connectivity index (χ4n) is 1.56. The molecule has 0 atom stereocenters. The molecule has 0 radical (unpaired) electrons. The number of benzene rings is 1. The third kappa shape index (κ3) is 3.73. The van der Waals surface area contributed by atoms with E-state index < -0.39 is 16.0 Å². The third-order valence-corrected chi connectivity index (χ3v) is 4.38. The molecule has 21 heavy (non-hydrogen) atoms. The van der Waals surface area contributed by atoms with Gasteiger partial charge < -0.3 is 4.74 Å². The summed E-state index contributed by atoms with van der Waals surface area (Å²) in [4.78, 5) is 11.1. The van der Waals surface area contributed by atoms with Gasteiger partial charge >= 0.3 is 5.97 Å². The fourth-order valence-corrected chi connectivity index (χ4v) is 3.07. The van der Waals surface area contributed by atoms with Crippen molar-refractivity contribution in [2.45, 2.75) is 11.4 Å². The van der Waals surface area contributed by atoms with Gasteiger partial charge in [0.2, 0.25) is 0 Å². The highest BCUT2D eigenvalue weighted by molar-refractivity contribution is 7.92. The van der Waals surface area contributed by atoms with Crippen LogP contribution in [0.15, 0.2) is 41.4 Å². The van der Waals surface area contributed by atoms with Gasteiger partial charge in [0.05, 0.1) is 12.1 Å². The van der Waals surface area contributed by atoms with Crippen LogP contribution in [0.3, 0.4) is 0 Å². The summed E-state index contributed by atoms with van der Waals surface area (Å²) in [5, 5.41) is 4.03. The van der Waals surface area contributed by atoms with Crippen molar-refractivity contribution in [3.05, 3.63) is 41.6 Å². The van der Waals surface area contributed by atoms with E-state index in [1.54, 1.807) is 12.1 Å². The second kappa shape index (κ2) is 6.15. The highest BCUT2D eigenvalue weighted by atomic mass is 35.5. The zero-order valence-corrected chi connectivity index (χ0v) is 12.6. The molecule has 9 heteroatoms. The Morgan fingerprint density at radius 1 is 1.38 bits per heavy atom. The second-order valence-corrected chi connectivity index (χ2v) is 6.07. The lowest BCUT2D eigenvalue weighted by Gasteiger charge is -2.06. The Morgan fingerprint density at radius 3 is 2.76 bits per heavy atom. The van der Waals surface area contributed by atoms with Crippen molar-refractivity contribution in [3.63, 3.8) is 0 Å². The molecule has 0 unspecified atom stereocenters. The normalized spacial score (nSPS) is 11.1. The molecule has 0 fully saturated rings. The van der Waals surface area contributed by atoms with Crippen LogP contribution >= 0.6 is 11.6 Å². The lowest BCUT2D eigenvalue weighted by Crippen LogP contribution is -2.15. The first-order valence-corrected chi connectivity index (χ1v) is 7.66. The summed E-state index contributed by atoms with van der Waals surface area (Å²) in [6.45, 7) is -0.107. The number of hydrogen-bond donors (Lipinski definition) is 1. The van der Waals surface area contributed by atoms with Crippen LogP contribution in [0.25, 0.3) is 0 Å². The van der Waals surface area contributed by atoms with Crippen molar-refractivity contribution in [2.75, 3.05) is 11.8 Å². The van der Waals surface area contributed by atoms with E-state index in [4.69, 9.17) is 11.6 Å². The fraction of sp³-hybridized carbons (Fsp3) is 0.167. The van der Waals surface area contributed by atoms with Crippen LogP contribution in [-0.4, -0.2) is 31.3 Å². The minimum Gasteiger partial charge on any atom is -0.468 e. The maximum absolute atomic E-state index is 12.2. The van der Waals surface area contributed by atoms with Crippen LogP contribution in [0, 0.1) is 0 Å². The Bertz CT molecular complexity index is 757. The van der Waals surface area contributed by atoms with Gasteiger partial charge in [-0.2, -0.15) is 5.10 Å². The Balaban J connectivity index is 2.18. The Labute approximate surface area is 126 Å². The first-order chi connectivity index (χ1) is 9.92. The topological polar surface area (TPSA) is 90.3 Å². The molecule has 7 nitrogen and oxygen atoms in total. The highest BCUT2D eigenvalue weighted by Crippen LogP contribution is 2.22. The first-order valence-electron chi connectivity index (χ1n) is 5.80. The van der Waals surface area contributed by atoms with E-state index in [1.807, 2.05) is 0 Å². The molecule has 0 bridgehead atoms. The Hall–Kier alpha value is -2.06. The van der Waals surface area contributed by atoms with Crippen molar-refractivity contribution in [1.82, 2.24) is 9.78 Å². The van der Waals surface area contributed by atoms with E-state index in [-0.39, 0.29) is 22.3 Å². The number of ether oxygens (including phenoxy) is 1. The molecule has 1 aromatic carbocycles. The maximum atomic E-state index is 12.2. The number of methoxy groups -OCH3 is 1. The molecule has 112 valence electrons. The number of nitrogens with one attached hydrogen (secondary N) is 1. The van der Waals surface area contributed by atoms with Crippen molar-refractivity contribution in [3.8, 4) is 0 Å². The van der Waals surface area contributed by atoms with E-state index in [1.165, 1.54) is 36.2 Å². The predicted molar refractivity (Wildman–Crippen MR) is 76.5 cm³/mol. The number of anilines is 1. The van der Waals surface area contributed by atoms with E-state index >= 15 is 0 Å². The van der Waals surface area contributed by atoms with Crippen LogP contribution in [0.2, 0.25) is 5.02 Å². The highest BCUT2D eigenvalue weighted by Gasteiger charge is 2.18. The van der Waals surface area contributed by atoms with Gasteiger partial charge in [-0.05, 0) is 12.1 Å². The van der Waals surface area contributed by atoms with Gasteiger partial charge in [-0.25, -0.2) is 8.42 Å². The van der Waals surface area contributed by atoms with Gasteiger partial charge in [-0.3, -0.25) is 14.2 Å². The number of hydrogen-bond acceptors (Lipinski definition) is 5. The van der Waals surface area contributed by atoms with Crippen LogP contribution < -0.4 is 4.72 Å². The molecule has 2 aromatic rings. The minimum absolute atomic E-state index is 0.0471. The molecule has 1 heterocycles. The van der Waals surface area contributed by atoms with Gasteiger partial charge in [0.1, 0.15) is 11.4 Å². The van der Waals surface area contributed by atoms with Gasteiger partial charge in [0.25, 0.3) is 10.0 Å². The molecular formula is C12H12ClN3O4S. The van der Waals surface area contributed by atoms with Crippen molar-refractivity contribution in [2.24, 2.45) is 0 Å². The summed E-state index contributed by atoms with van der Waals surface area (Å²) in [6.07, 6.45) is 1.46. The number of halogens is 1. The van der Waals surface area contributed by atoms with Crippen LogP contribution in [0.4, 0.5) is 5.82 Å². The predicted octanol–water partition coefficient (Wildman–Crippen LogP) is 1.51. The van der Waals surface area contributed by atoms with Crippen molar-refractivity contribution in [1.29, 1.82) is 0 Å². The average Bonchev–Trinajstić information content (AvgIpc) is 2.85. The summed E-state index contributed by atoms with van der Waals surface area (Å²) < 4.78 is 32.4. The summed E-state index contributed by atoms with van der Waals surface area (Å²) in [7, 11) is -2.58. The van der Waals surface area contributed by atoms with Crippen LogP contribution in [0.1, 0.15) is 0 Å². The van der Waals surface area contributed by atoms with Crippen LogP contribution in [0.5, 0.6) is 0 Å². The number of nitrogens with zero attached hydrogens (tertiary/aromatic N) is 2. The van der Waals surface area contributed by atoms with Gasteiger partial charge in [0, 0.05) is 12.3 Å². The Morgan fingerprint density at radius 2 is 2.10 bits per heavy atom. The van der Waals surface area contributed by atoms with Gasteiger partial charge in [-0.1, -0.05) is 23.7 Å². The standard InChI is InChI=1S/C12H12ClN3O4S/c1-20-12(17)8-16-7-6-11(14-16)15-21(18,19)10-5-3-2-4-9(10)13/h2-7H,8H2,1H3,(H,14,15). The molecule has 0 aliphatic heterocycles. The van der Waals surface area contributed by atoms with E-state index in [9.17, 15) is 13.2 Å². The number of carbonyl (C=O) groups is 1. The van der Waals surface area contributed by atoms with Gasteiger partial charge in [0.15, 0.2) is 5.82 Å². The summed E-state index contributed by atoms with van der Waals surface area (Å²) in [5.74, 6) is -0.405. The molecule has 0 amide bonds. The first kappa shape index (κ1) is 15.3. The van der Waals surface area contributed by atoms with Crippen LogP contribution in [-0.2, 0) is 26.1 Å². The number of rotatable bonds is 5. The molecule has 0 aliphatic rings. The molecule has 2 rings (SSSR count). The lowest BCUT2D eigenvalue weighted by molar-refractivity contribution is -0.141. The zero-order valence-electron chi connectivity index (χ0n) is 11.0. The quantitative estimate of drug-likeness (QED) is 0.840. The minimum atomic E-state index is -3.84. The third-order valence-electron chi connectivity index (χ3n) is 2.52. The molecule has 1 aromatic heterocycles. The second-order valence-electron chi connectivity index (χ2n) is 4.01. The summed E-state index contributed by atoms with van der Waals surface area (Å²) in [6, 6.07) is 7.49. The Kier molecular flexibility index (Phi) is 4.49. The van der Waals surface area contributed by atoms with Crippen molar-refractivity contribution < 1.29 is 17.9 Å². The van der Waals surface area contributed by atoms with Crippen molar-refractivity contribution >= 4 is 33.4 Å². The number of esters is 1. The maximum Gasteiger partial charge on any atom is 0.327 e. The molecule has 0 aliphatic carbocycles. The largest absolute Gasteiger partial charge is 0.468 e. The molecule has 1 N–H and O–H groups in total.